The van der Waals surface area contributed by atoms with Crippen molar-refractivity contribution in [1.29, 1.82) is 5.26 Å². The van der Waals surface area contributed by atoms with Gasteiger partial charge in [-0.1, -0.05) is 0 Å². The Bertz CT molecular complexity index is 1500. The first-order valence-electron chi connectivity index (χ1n) is 14.0. The Morgan fingerprint density at radius 2 is 2.00 bits per heavy atom. The van der Waals surface area contributed by atoms with Gasteiger partial charge in [0.25, 0.3) is 0 Å². The summed E-state index contributed by atoms with van der Waals surface area (Å²) in [7, 11) is 0. The van der Waals surface area contributed by atoms with Crippen LogP contribution in [0.1, 0.15) is 50.0 Å². The summed E-state index contributed by atoms with van der Waals surface area (Å²) >= 11 is 0. The highest BCUT2D eigenvalue weighted by molar-refractivity contribution is 5.89. The number of rotatable bonds is 12. The lowest BCUT2D eigenvalue weighted by Gasteiger charge is -2.37. The number of aromatic amines is 1. The van der Waals surface area contributed by atoms with Crippen LogP contribution in [0, 0.1) is 17.2 Å². The third-order valence-electron chi connectivity index (χ3n) is 7.63. The molecule has 1 aliphatic carbocycles. The third-order valence-corrected chi connectivity index (χ3v) is 7.63. The number of nitriles is 1. The zero-order valence-corrected chi connectivity index (χ0v) is 23.1. The summed E-state index contributed by atoms with van der Waals surface area (Å²) < 4.78 is 47.0. The van der Waals surface area contributed by atoms with E-state index in [0.29, 0.717) is 19.0 Å². The van der Waals surface area contributed by atoms with Crippen molar-refractivity contribution in [2.45, 2.75) is 63.8 Å². The van der Waals surface area contributed by atoms with Crippen LogP contribution in [0.5, 0.6) is 5.88 Å². The molecule has 0 unspecified atom stereocenters. The van der Waals surface area contributed by atoms with E-state index in [9.17, 15) is 13.2 Å². The van der Waals surface area contributed by atoms with Crippen molar-refractivity contribution in [2.24, 2.45) is 11.7 Å². The molecule has 0 saturated heterocycles. The van der Waals surface area contributed by atoms with Gasteiger partial charge in [0, 0.05) is 55.0 Å². The first kappa shape index (κ1) is 29.4. The van der Waals surface area contributed by atoms with E-state index in [1.165, 1.54) is 12.4 Å². The maximum absolute atomic E-state index is 13.1. The van der Waals surface area contributed by atoms with Gasteiger partial charge in [0.15, 0.2) is 0 Å². The topological polar surface area (TPSA) is 147 Å². The van der Waals surface area contributed by atoms with Crippen LogP contribution in [0.4, 0.5) is 13.2 Å². The van der Waals surface area contributed by atoms with Crippen molar-refractivity contribution >= 4 is 11.0 Å². The number of fused-ring (bicyclic) bond motifs is 1. The van der Waals surface area contributed by atoms with Crippen molar-refractivity contribution in [3.8, 4) is 23.2 Å². The van der Waals surface area contributed by atoms with Gasteiger partial charge in [0.2, 0.25) is 11.7 Å². The first-order valence-corrected chi connectivity index (χ1v) is 14.0. The lowest BCUT2D eigenvalue weighted by Crippen LogP contribution is -2.41. The fourth-order valence-electron chi connectivity index (χ4n) is 5.44. The number of nitrogens with two attached hydrogens (primary N) is 1. The highest BCUT2D eigenvalue weighted by Gasteiger charge is 2.35. The molecule has 0 amide bonds. The van der Waals surface area contributed by atoms with Gasteiger partial charge in [0.1, 0.15) is 12.0 Å². The lowest BCUT2D eigenvalue weighted by molar-refractivity contribution is -0.145. The second kappa shape index (κ2) is 13.3. The van der Waals surface area contributed by atoms with Crippen LogP contribution in [0.2, 0.25) is 0 Å². The largest absolute Gasteiger partial charge is 0.477 e. The van der Waals surface area contributed by atoms with Gasteiger partial charge in [-0.2, -0.15) is 28.5 Å². The molecule has 0 aromatic carbocycles. The lowest BCUT2D eigenvalue weighted by atomic mass is 9.85. The van der Waals surface area contributed by atoms with Gasteiger partial charge in [-0.05, 0) is 50.6 Å². The number of hydrogen-bond donors (Lipinski definition) is 2. The number of ether oxygens (including phenoxy) is 1. The van der Waals surface area contributed by atoms with Crippen LogP contribution in [-0.2, 0) is 19.3 Å². The molecule has 0 atom stereocenters. The molecule has 1 saturated carbocycles. The van der Waals surface area contributed by atoms with Crippen molar-refractivity contribution in [3.05, 3.63) is 48.6 Å². The zero-order valence-electron chi connectivity index (χ0n) is 23.1. The van der Waals surface area contributed by atoms with Gasteiger partial charge in [0.05, 0.1) is 36.8 Å². The normalized spacial score (nSPS) is 17.5. The summed E-state index contributed by atoms with van der Waals surface area (Å²) in [6, 6.07) is 5.89. The maximum atomic E-state index is 13.1. The third kappa shape index (κ3) is 7.21. The van der Waals surface area contributed by atoms with Crippen LogP contribution in [0.3, 0.4) is 0 Å². The predicted molar refractivity (Wildman–Crippen MR) is 148 cm³/mol. The Labute approximate surface area is 240 Å². The molecule has 0 spiro atoms. The number of alkyl halides is 3. The molecule has 0 radical (unpaired) electrons. The highest BCUT2D eigenvalue weighted by atomic mass is 19.4. The Balaban J connectivity index is 1.16. The molecule has 42 heavy (non-hydrogen) atoms. The molecule has 3 N–H and O–H groups in total. The van der Waals surface area contributed by atoms with E-state index in [2.05, 4.69) is 41.0 Å². The second-order valence-corrected chi connectivity index (χ2v) is 10.5. The summed E-state index contributed by atoms with van der Waals surface area (Å²) in [6.07, 6.45) is 7.42. The molecule has 14 heteroatoms. The molecular weight excluding hydrogens is 549 g/mol. The minimum atomic E-state index is -4.67. The van der Waals surface area contributed by atoms with Crippen LogP contribution in [0.15, 0.2) is 37.1 Å². The SMILES string of the molecule is N#CCCCN(CCn1cc(-c2ncnc3[nH]ccc23)cn1)C1CCC(COc2cc(CN)nc(C(F)(F)F)n2)CC1. The van der Waals surface area contributed by atoms with E-state index in [1.807, 2.05) is 29.3 Å². The minimum Gasteiger partial charge on any atom is -0.477 e. The van der Waals surface area contributed by atoms with E-state index < -0.39 is 12.0 Å². The second-order valence-electron chi connectivity index (χ2n) is 10.5. The van der Waals surface area contributed by atoms with E-state index in [1.54, 1.807) is 0 Å². The van der Waals surface area contributed by atoms with E-state index in [4.69, 9.17) is 15.7 Å². The molecule has 0 bridgehead atoms. The first-order chi connectivity index (χ1) is 20.3. The maximum Gasteiger partial charge on any atom is 0.451 e. The number of nitrogens with one attached hydrogen (secondary N) is 1. The molecule has 1 fully saturated rings. The minimum absolute atomic E-state index is 0.0862. The number of H-pyrrole nitrogens is 1. The molecular formula is C28H33F3N10O. The molecule has 4 aromatic heterocycles. The van der Waals surface area contributed by atoms with Gasteiger partial charge < -0.3 is 15.5 Å². The van der Waals surface area contributed by atoms with Crippen LogP contribution in [0.25, 0.3) is 22.3 Å². The molecule has 222 valence electrons. The average Bonchev–Trinajstić information content (AvgIpc) is 3.67. The summed E-state index contributed by atoms with van der Waals surface area (Å²) in [4.78, 5) is 21.2. The highest BCUT2D eigenvalue weighted by Crippen LogP contribution is 2.31. The fraction of sp³-hybridized carbons (Fsp3) is 0.500. The average molecular weight is 583 g/mol. The number of aromatic nitrogens is 7. The molecule has 11 nitrogen and oxygen atoms in total. The number of hydrogen-bond acceptors (Lipinski definition) is 9. The number of unbranched alkanes of at least 4 members (excludes halogenated alkanes) is 1. The van der Waals surface area contributed by atoms with Gasteiger partial charge in [-0.25, -0.2) is 15.0 Å². The van der Waals surface area contributed by atoms with Gasteiger partial charge >= 0.3 is 6.18 Å². The zero-order chi connectivity index (χ0) is 29.5. The Morgan fingerprint density at radius 1 is 1.17 bits per heavy atom. The smallest absolute Gasteiger partial charge is 0.451 e. The van der Waals surface area contributed by atoms with E-state index >= 15 is 0 Å². The standard InChI is InChI=1S/C28H33F3N10O/c29-28(30,31)27-38-21(14-33)13-24(39-27)42-17-19-3-5-22(6-4-19)40(10-2-1-8-32)11-12-41-16-20(15-37-41)25-23-7-9-34-26(23)36-18-35-25/h7,9,13,15-16,18-19,22H,1-6,10-12,14,17,33H2,(H,34,35,36). The van der Waals surface area contributed by atoms with E-state index in [-0.39, 0.29) is 30.6 Å². The van der Waals surface area contributed by atoms with Crippen molar-refractivity contribution in [3.63, 3.8) is 0 Å². The Kier molecular flexibility index (Phi) is 9.28. The predicted octanol–water partition coefficient (Wildman–Crippen LogP) is 4.33. The Hall–Kier alpha value is -4.09. The van der Waals surface area contributed by atoms with Crippen LogP contribution >= 0.6 is 0 Å². The summed E-state index contributed by atoms with van der Waals surface area (Å²) in [6.45, 7) is 2.44. The fourth-order valence-corrected chi connectivity index (χ4v) is 5.44. The summed E-state index contributed by atoms with van der Waals surface area (Å²) in [5, 5.41) is 14.6. The molecule has 5 rings (SSSR count). The van der Waals surface area contributed by atoms with Crippen molar-refractivity contribution < 1.29 is 17.9 Å². The van der Waals surface area contributed by atoms with Crippen LogP contribution < -0.4 is 10.5 Å². The molecule has 0 aliphatic heterocycles. The van der Waals surface area contributed by atoms with Crippen molar-refractivity contribution in [2.75, 3.05) is 19.7 Å². The summed E-state index contributed by atoms with van der Waals surface area (Å²) in [5.41, 5.74) is 8.13. The summed E-state index contributed by atoms with van der Waals surface area (Å²) in [5.74, 6) is -1.13. The van der Waals surface area contributed by atoms with Crippen molar-refractivity contribution in [1.82, 2.24) is 39.6 Å². The van der Waals surface area contributed by atoms with Gasteiger partial charge in [-0.15, -0.1) is 0 Å². The number of halogens is 3. The Morgan fingerprint density at radius 3 is 2.76 bits per heavy atom. The monoisotopic (exact) mass is 582 g/mol. The molecule has 4 aromatic rings. The molecule has 1 aliphatic rings. The van der Waals surface area contributed by atoms with Crippen LogP contribution in [-0.4, -0.2) is 65.3 Å². The molecule has 4 heterocycles. The van der Waals surface area contributed by atoms with Gasteiger partial charge in [-0.3, -0.25) is 9.58 Å². The van der Waals surface area contributed by atoms with E-state index in [0.717, 1.165) is 67.5 Å². The quantitative estimate of drug-likeness (QED) is 0.233. The number of nitrogens with zero attached hydrogens (tertiary/aromatic N) is 8.